The largest absolute Gasteiger partial charge is 0.238 e. The fourth-order valence-corrected chi connectivity index (χ4v) is 1.06. The first-order valence-electron chi connectivity index (χ1n) is 3.37. The van der Waals surface area contributed by atoms with E-state index in [0.29, 0.717) is 11.1 Å². The van der Waals surface area contributed by atoms with Crippen LogP contribution in [0.5, 0.6) is 0 Å². The Labute approximate surface area is 63.3 Å². The molecule has 0 unspecified atom stereocenters. The van der Waals surface area contributed by atoms with Gasteiger partial charge in [0.1, 0.15) is 5.52 Å². The summed E-state index contributed by atoms with van der Waals surface area (Å²) in [6.45, 7) is 1.74. The van der Waals surface area contributed by atoms with Crippen LogP contribution in [0.15, 0.2) is 24.5 Å². The Balaban J connectivity index is 2.93. The van der Waals surface area contributed by atoms with Gasteiger partial charge in [-0.1, -0.05) is 0 Å². The van der Waals surface area contributed by atoms with Crippen molar-refractivity contribution in [3.63, 3.8) is 0 Å². The van der Waals surface area contributed by atoms with Crippen LogP contribution in [0.25, 0.3) is 5.52 Å². The monoisotopic (exact) mass is 150 g/mol. The third kappa shape index (κ3) is 0.808. The smallest absolute Gasteiger partial charge is 0.151 e. The molecule has 0 aromatic carbocycles. The second-order valence-corrected chi connectivity index (χ2v) is 2.47. The van der Waals surface area contributed by atoms with Crippen LogP contribution < -0.4 is 0 Å². The number of aryl methyl sites for hydroxylation is 1. The first-order valence-corrected chi connectivity index (χ1v) is 3.37. The van der Waals surface area contributed by atoms with Crippen LogP contribution in [0.4, 0.5) is 4.39 Å². The molecule has 0 bridgehead atoms. The molecule has 56 valence electrons. The molecule has 11 heavy (non-hydrogen) atoms. The fourth-order valence-electron chi connectivity index (χ4n) is 1.06. The van der Waals surface area contributed by atoms with Crippen molar-refractivity contribution in [2.75, 3.05) is 0 Å². The summed E-state index contributed by atoms with van der Waals surface area (Å²) >= 11 is 0. The topological polar surface area (TPSA) is 17.3 Å². The molecule has 0 radical (unpaired) electrons. The fraction of sp³-hybridized carbons (Fsp3) is 0.125. The van der Waals surface area contributed by atoms with E-state index in [1.807, 2.05) is 0 Å². The molecular formula is C8H7FN2. The van der Waals surface area contributed by atoms with Crippen molar-refractivity contribution < 1.29 is 4.39 Å². The lowest BCUT2D eigenvalue weighted by Crippen LogP contribution is -1.91. The number of aromatic nitrogens is 2. The van der Waals surface area contributed by atoms with Crippen LogP contribution in [0, 0.1) is 12.7 Å². The van der Waals surface area contributed by atoms with Gasteiger partial charge in [0.05, 0.1) is 6.20 Å². The number of nitrogens with zero attached hydrogens (tertiary/aromatic N) is 2. The predicted molar refractivity (Wildman–Crippen MR) is 39.9 cm³/mol. The normalized spacial score (nSPS) is 10.7. The molecule has 0 saturated heterocycles. The minimum absolute atomic E-state index is 0.190. The van der Waals surface area contributed by atoms with Crippen LogP contribution in [-0.4, -0.2) is 9.61 Å². The van der Waals surface area contributed by atoms with Crippen molar-refractivity contribution in [2.45, 2.75) is 6.92 Å². The summed E-state index contributed by atoms with van der Waals surface area (Å²) < 4.78 is 14.7. The van der Waals surface area contributed by atoms with Gasteiger partial charge in [-0.25, -0.2) is 8.91 Å². The zero-order valence-electron chi connectivity index (χ0n) is 6.08. The summed E-state index contributed by atoms with van der Waals surface area (Å²) in [7, 11) is 0. The van der Waals surface area contributed by atoms with E-state index in [0.717, 1.165) is 0 Å². The lowest BCUT2D eigenvalue weighted by molar-refractivity contribution is 0.621. The molecule has 2 rings (SSSR count). The Morgan fingerprint density at radius 2 is 2.27 bits per heavy atom. The van der Waals surface area contributed by atoms with Crippen molar-refractivity contribution in [3.8, 4) is 0 Å². The molecule has 2 nitrogen and oxygen atoms in total. The number of halogens is 1. The van der Waals surface area contributed by atoms with Crippen LogP contribution >= 0.6 is 0 Å². The first kappa shape index (κ1) is 6.34. The average Bonchev–Trinajstić information content (AvgIpc) is 2.45. The number of pyridine rings is 1. The van der Waals surface area contributed by atoms with E-state index in [4.69, 9.17) is 0 Å². The van der Waals surface area contributed by atoms with Crippen molar-refractivity contribution in [1.82, 2.24) is 9.61 Å². The molecule has 0 N–H and O–H groups in total. The van der Waals surface area contributed by atoms with Crippen LogP contribution in [0.3, 0.4) is 0 Å². The van der Waals surface area contributed by atoms with Crippen molar-refractivity contribution in [1.29, 1.82) is 0 Å². The molecule has 0 saturated carbocycles. The minimum Gasteiger partial charge on any atom is -0.238 e. The lowest BCUT2D eigenvalue weighted by atomic mass is 10.2. The molecule has 2 aromatic rings. The van der Waals surface area contributed by atoms with Gasteiger partial charge in [0, 0.05) is 6.20 Å². The molecular weight excluding hydrogens is 143 g/mol. The molecule has 2 heterocycles. The van der Waals surface area contributed by atoms with Crippen LogP contribution in [0.2, 0.25) is 0 Å². The number of hydrogen-bond donors (Lipinski definition) is 0. The molecule has 0 aliphatic carbocycles. The Morgan fingerprint density at radius 1 is 1.45 bits per heavy atom. The third-order valence-corrected chi connectivity index (χ3v) is 1.71. The van der Waals surface area contributed by atoms with Gasteiger partial charge in [0.25, 0.3) is 0 Å². The first-order chi connectivity index (χ1) is 5.29. The van der Waals surface area contributed by atoms with E-state index in [1.165, 1.54) is 4.52 Å². The van der Waals surface area contributed by atoms with Gasteiger partial charge < -0.3 is 0 Å². The van der Waals surface area contributed by atoms with E-state index in [9.17, 15) is 4.39 Å². The van der Waals surface area contributed by atoms with Gasteiger partial charge in [-0.2, -0.15) is 5.10 Å². The number of hydrogen-bond acceptors (Lipinski definition) is 1. The van der Waals surface area contributed by atoms with Gasteiger partial charge >= 0.3 is 0 Å². The summed E-state index contributed by atoms with van der Waals surface area (Å²) in [5, 5.41) is 3.90. The van der Waals surface area contributed by atoms with Crippen molar-refractivity contribution in [2.24, 2.45) is 0 Å². The molecule has 3 heteroatoms. The second-order valence-electron chi connectivity index (χ2n) is 2.47. The Morgan fingerprint density at radius 3 is 3.09 bits per heavy atom. The molecule has 0 amide bonds. The highest BCUT2D eigenvalue weighted by molar-refractivity contribution is 5.49. The summed E-state index contributed by atoms with van der Waals surface area (Å²) in [6, 6.07) is 3.36. The van der Waals surface area contributed by atoms with Gasteiger partial charge in [-0.15, -0.1) is 0 Å². The summed E-state index contributed by atoms with van der Waals surface area (Å²) in [6.07, 6.45) is 3.32. The van der Waals surface area contributed by atoms with Crippen LogP contribution in [0.1, 0.15) is 5.56 Å². The van der Waals surface area contributed by atoms with E-state index in [2.05, 4.69) is 5.10 Å². The maximum absolute atomic E-state index is 13.2. The second kappa shape index (κ2) is 2.05. The molecule has 0 atom stereocenters. The molecule has 0 aliphatic heterocycles. The van der Waals surface area contributed by atoms with E-state index < -0.39 is 0 Å². The molecule has 2 aromatic heterocycles. The average molecular weight is 150 g/mol. The summed E-state index contributed by atoms with van der Waals surface area (Å²) in [5.41, 5.74) is 1.18. The predicted octanol–water partition coefficient (Wildman–Crippen LogP) is 1.78. The van der Waals surface area contributed by atoms with Crippen LogP contribution in [-0.2, 0) is 0 Å². The van der Waals surface area contributed by atoms with Crippen molar-refractivity contribution >= 4 is 5.52 Å². The maximum atomic E-state index is 13.2. The molecule has 0 aliphatic rings. The van der Waals surface area contributed by atoms with E-state index >= 15 is 0 Å². The van der Waals surface area contributed by atoms with E-state index in [-0.39, 0.29) is 5.82 Å². The Hall–Kier alpha value is -1.38. The lowest BCUT2D eigenvalue weighted by Gasteiger charge is -1.97. The molecule has 0 spiro atoms. The third-order valence-electron chi connectivity index (χ3n) is 1.71. The maximum Gasteiger partial charge on any atom is 0.151 e. The van der Waals surface area contributed by atoms with E-state index in [1.54, 1.807) is 31.5 Å². The number of fused-ring (bicyclic) bond motifs is 1. The highest BCUT2D eigenvalue weighted by Gasteiger charge is 2.02. The van der Waals surface area contributed by atoms with Gasteiger partial charge in [0.15, 0.2) is 5.82 Å². The Kier molecular flexibility index (Phi) is 1.18. The quantitative estimate of drug-likeness (QED) is 0.559. The highest BCUT2D eigenvalue weighted by Crippen LogP contribution is 2.11. The highest BCUT2D eigenvalue weighted by atomic mass is 19.1. The van der Waals surface area contributed by atoms with Gasteiger partial charge in [0.2, 0.25) is 0 Å². The van der Waals surface area contributed by atoms with Crippen molar-refractivity contribution in [3.05, 3.63) is 35.9 Å². The molecule has 0 fully saturated rings. The SMILES string of the molecule is Cc1ccn2nccc2c1F. The standard InChI is InChI=1S/C8H7FN2/c1-6-3-5-11-7(8(6)9)2-4-10-11/h2-5H,1H3. The zero-order valence-corrected chi connectivity index (χ0v) is 6.08. The van der Waals surface area contributed by atoms with Gasteiger partial charge in [-0.05, 0) is 24.6 Å². The summed E-state index contributed by atoms with van der Waals surface area (Å²) in [5.74, 6) is -0.190. The minimum atomic E-state index is -0.190. The number of rotatable bonds is 0. The summed E-state index contributed by atoms with van der Waals surface area (Å²) in [4.78, 5) is 0. The van der Waals surface area contributed by atoms with Gasteiger partial charge in [-0.3, -0.25) is 0 Å². The Bertz CT molecular complexity index is 392. The zero-order chi connectivity index (χ0) is 7.84.